The first-order valence-corrected chi connectivity index (χ1v) is 8.60. The molecule has 0 aliphatic rings. The molecule has 1 aromatic rings. The van der Waals surface area contributed by atoms with Gasteiger partial charge in [-0.05, 0) is 5.56 Å². The number of nitrogens with one attached hydrogen (secondary N) is 1. The topological polar surface area (TPSA) is 63.2 Å². The van der Waals surface area contributed by atoms with Gasteiger partial charge in [-0.25, -0.2) is 8.42 Å². The summed E-state index contributed by atoms with van der Waals surface area (Å²) in [5.41, 5.74) is 1.19. The van der Waals surface area contributed by atoms with Gasteiger partial charge in [-0.1, -0.05) is 42.1 Å². The molecule has 19 heavy (non-hydrogen) atoms. The first-order valence-electron chi connectivity index (χ1n) is 5.55. The standard InChI is InChI=1S/C12H17NO3S2.ClH/c1-18(15,16)10-12(14)17-8-7-13-9-11-5-3-2-4-6-11;/h2-6,13H,7-10H2,1H3;1H. The minimum absolute atomic E-state index is 0. The summed E-state index contributed by atoms with van der Waals surface area (Å²) in [5.74, 6) is 0.206. The normalized spacial score (nSPS) is 10.8. The lowest BCUT2D eigenvalue weighted by atomic mass is 10.2. The monoisotopic (exact) mass is 323 g/mol. The number of rotatable bonds is 7. The second-order valence-corrected chi connectivity index (χ2v) is 7.25. The maximum atomic E-state index is 11.2. The molecule has 0 saturated heterocycles. The molecule has 0 aliphatic carbocycles. The van der Waals surface area contributed by atoms with Crippen molar-refractivity contribution in [3.05, 3.63) is 35.9 Å². The number of carbonyl (C=O) groups is 1. The van der Waals surface area contributed by atoms with Crippen LogP contribution in [-0.4, -0.2) is 37.8 Å². The zero-order valence-corrected chi connectivity index (χ0v) is 13.1. The summed E-state index contributed by atoms with van der Waals surface area (Å²) in [5, 5.41) is 2.90. The SMILES string of the molecule is CS(=O)(=O)CC(=O)SCCNCc1ccccc1.Cl. The second kappa shape index (κ2) is 9.36. The van der Waals surface area contributed by atoms with Crippen molar-refractivity contribution in [2.75, 3.05) is 24.3 Å². The Morgan fingerprint density at radius 2 is 1.89 bits per heavy atom. The lowest BCUT2D eigenvalue weighted by molar-refractivity contribution is -0.108. The van der Waals surface area contributed by atoms with Gasteiger partial charge in [0.25, 0.3) is 0 Å². The smallest absolute Gasteiger partial charge is 0.204 e. The van der Waals surface area contributed by atoms with E-state index in [2.05, 4.69) is 5.32 Å². The van der Waals surface area contributed by atoms with Crippen LogP contribution >= 0.6 is 24.2 Å². The Labute approximate surface area is 124 Å². The molecule has 108 valence electrons. The second-order valence-electron chi connectivity index (χ2n) is 3.95. The average molecular weight is 324 g/mol. The van der Waals surface area contributed by atoms with Gasteiger partial charge in [-0.3, -0.25) is 4.79 Å². The van der Waals surface area contributed by atoms with E-state index in [1.807, 2.05) is 30.3 Å². The fraction of sp³-hybridized carbons (Fsp3) is 0.417. The Bertz CT molecular complexity index is 477. The molecular formula is C12H18ClNO3S2. The lowest BCUT2D eigenvalue weighted by Crippen LogP contribution is -2.18. The molecule has 7 heteroatoms. The molecule has 4 nitrogen and oxygen atoms in total. The van der Waals surface area contributed by atoms with Crippen LogP contribution in [0.2, 0.25) is 0 Å². The molecule has 0 amide bonds. The van der Waals surface area contributed by atoms with Crippen LogP contribution in [0.25, 0.3) is 0 Å². The van der Waals surface area contributed by atoms with Gasteiger partial charge in [0.15, 0.2) is 9.84 Å². The maximum absolute atomic E-state index is 11.2. The summed E-state index contributed by atoms with van der Waals surface area (Å²) >= 11 is 1.06. The molecule has 1 aromatic carbocycles. The highest BCUT2D eigenvalue weighted by Gasteiger charge is 2.10. The van der Waals surface area contributed by atoms with E-state index in [0.29, 0.717) is 12.3 Å². The number of halogens is 1. The zero-order chi connectivity index (χ0) is 13.4. The summed E-state index contributed by atoms with van der Waals surface area (Å²) in [6.07, 6.45) is 1.07. The molecule has 0 saturated carbocycles. The van der Waals surface area contributed by atoms with Crippen LogP contribution in [0.15, 0.2) is 30.3 Å². The molecule has 0 unspecified atom stereocenters. The first kappa shape index (κ1) is 18.4. The predicted molar refractivity (Wildman–Crippen MR) is 82.6 cm³/mol. The quantitative estimate of drug-likeness (QED) is 0.770. The number of sulfone groups is 1. The van der Waals surface area contributed by atoms with Crippen LogP contribution in [0.3, 0.4) is 0 Å². The molecular weight excluding hydrogens is 306 g/mol. The largest absolute Gasteiger partial charge is 0.312 e. The van der Waals surface area contributed by atoms with Crippen molar-refractivity contribution in [1.29, 1.82) is 0 Å². The molecule has 0 fully saturated rings. The number of carbonyl (C=O) groups excluding carboxylic acids is 1. The third-order valence-corrected chi connectivity index (χ3v) is 3.94. The van der Waals surface area contributed by atoms with Gasteiger partial charge in [0, 0.05) is 25.1 Å². The minimum Gasteiger partial charge on any atom is -0.312 e. The van der Waals surface area contributed by atoms with Crippen molar-refractivity contribution in [2.45, 2.75) is 6.54 Å². The van der Waals surface area contributed by atoms with E-state index in [4.69, 9.17) is 0 Å². The van der Waals surface area contributed by atoms with Gasteiger partial charge >= 0.3 is 0 Å². The average Bonchev–Trinajstić information content (AvgIpc) is 2.27. The molecule has 0 spiro atoms. The molecule has 1 N–H and O–H groups in total. The van der Waals surface area contributed by atoms with Crippen molar-refractivity contribution < 1.29 is 13.2 Å². The summed E-state index contributed by atoms with van der Waals surface area (Å²) in [7, 11) is -3.20. The fourth-order valence-electron chi connectivity index (χ4n) is 1.32. The molecule has 0 bridgehead atoms. The van der Waals surface area contributed by atoms with E-state index in [0.717, 1.165) is 24.6 Å². The third kappa shape index (κ3) is 9.95. The van der Waals surface area contributed by atoms with Crippen LogP contribution in [0, 0.1) is 0 Å². The highest BCUT2D eigenvalue weighted by molar-refractivity contribution is 8.15. The predicted octanol–water partition coefficient (Wildman–Crippen LogP) is 1.50. The van der Waals surface area contributed by atoms with Gasteiger partial charge in [0.1, 0.15) is 5.75 Å². The van der Waals surface area contributed by atoms with Crippen molar-refractivity contribution in [2.24, 2.45) is 0 Å². The van der Waals surface area contributed by atoms with Crippen molar-refractivity contribution >= 4 is 39.1 Å². The number of benzene rings is 1. The Morgan fingerprint density at radius 3 is 2.47 bits per heavy atom. The van der Waals surface area contributed by atoms with E-state index < -0.39 is 9.84 Å². The molecule has 0 radical (unpaired) electrons. The van der Waals surface area contributed by atoms with Crippen LogP contribution in [0.5, 0.6) is 0 Å². The minimum atomic E-state index is -3.20. The molecule has 0 aromatic heterocycles. The van der Waals surface area contributed by atoms with Crippen molar-refractivity contribution in [1.82, 2.24) is 5.32 Å². The van der Waals surface area contributed by atoms with E-state index >= 15 is 0 Å². The van der Waals surface area contributed by atoms with E-state index in [-0.39, 0.29) is 23.3 Å². The van der Waals surface area contributed by atoms with E-state index in [1.165, 1.54) is 5.56 Å². The van der Waals surface area contributed by atoms with Gasteiger partial charge in [-0.2, -0.15) is 0 Å². The van der Waals surface area contributed by atoms with E-state index in [1.54, 1.807) is 0 Å². The number of hydrogen-bond acceptors (Lipinski definition) is 5. The summed E-state index contributed by atoms with van der Waals surface area (Å²) < 4.78 is 21.7. The van der Waals surface area contributed by atoms with Crippen LogP contribution in [0.1, 0.15) is 5.56 Å². The van der Waals surface area contributed by atoms with E-state index in [9.17, 15) is 13.2 Å². The van der Waals surface area contributed by atoms with Gasteiger partial charge < -0.3 is 5.32 Å². The first-order chi connectivity index (χ1) is 8.47. The van der Waals surface area contributed by atoms with Crippen molar-refractivity contribution in [3.8, 4) is 0 Å². The molecule has 0 heterocycles. The fourth-order valence-corrected chi connectivity index (χ4v) is 3.20. The highest BCUT2D eigenvalue weighted by atomic mass is 35.5. The molecule has 0 aliphatic heterocycles. The van der Waals surface area contributed by atoms with Gasteiger partial charge in [0.2, 0.25) is 5.12 Å². The van der Waals surface area contributed by atoms with Gasteiger partial charge in [-0.15, -0.1) is 12.4 Å². The Hall–Kier alpha value is -0.560. The van der Waals surface area contributed by atoms with Crippen molar-refractivity contribution in [3.63, 3.8) is 0 Å². The summed E-state index contributed by atoms with van der Waals surface area (Å²) in [6.45, 7) is 1.43. The summed E-state index contributed by atoms with van der Waals surface area (Å²) in [4.78, 5) is 11.2. The Balaban J connectivity index is 0.00000324. The Kier molecular flexibility index (Phi) is 9.08. The third-order valence-electron chi connectivity index (χ3n) is 2.09. The Morgan fingerprint density at radius 1 is 1.26 bits per heavy atom. The maximum Gasteiger partial charge on any atom is 0.204 e. The molecule has 0 atom stereocenters. The number of thioether (sulfide) groups is 1. The van der Waals surface area contributed by atoms with Gasteiger partial charge in [0.05, 0.1) is 0 Å². The molecule has 1 rings (SSSR count). The van der Waals surface area contributed by atoms with Crippen LogP contribution in [-0.2, 0) is 21.2 Å². The lowest BCUT2D eigenvalue weighted by Gasteiger charge is -2.04. The highest BCUT2D eigenvalue weighted by Crippen LogP contribution is 2.03. The summed E-state index contributed by atoms with van der Waals surface area (Å²) in [6, 6.07) is 9.95. The van der Waals surface area contributed by atoms with Crippen LogP contribution in [0.4, 0.5) is 0 Å². The van der Waals surface area contributed by atoms with Crippen LogP contribution < -0.4 is 5.32 Å². The number of hydrogen-bond donors (Lipinski definition) is 1. The zero-order valence-electron chi connectivity index (χ0n) is 10.7.